The number of benzene rings is 1. The number of hydrogen-bond donors (Lipinski definition) is 1. The van der Waals surface area contributed by atoms with Gasteiger partial charge >= 0.3 is 12.1 Å². The van der Waals surface area contributed by atoms with Gasteiger partial charge in [0.25, 0.3) is 0 Å². The van der Waals surface area contributed by atoms with Crippen molar-refractivity contribution in [1.82, 2.24) is 0 Å². The summed E-state index contributed by atoms with van der Waals surface area (Å²) in [4.78, 5) is 12.3. The fourth-order valence-corrected chi connectivity index (χ4v) is 2.42. The SMILES string of the molecule is O=C(O)CCCN1CCc2c1cccc2C(F)(F)F. The summed E-state index contributed by atoms with van der Waals surface area (Å²) in [5, 5.41) is 8.57. The molecule has 2 rings (SSSR count). The Morgan fingerprint density at radius 1 is 1.37 bits per heavy atom. The van der Waals surface area contributed by atoms with E-state index >= 15 is 0 Å². The van der Waals surface area contributed by atoms with Crippen molar-refractivity contribution in [3.8, 4) is 0 Å². The molecule has 0 atom stereocenters. The van der Waals surface area contributed by atoms with Crippen LogP contribution in [0.15, 0.2) is 18.2 Å². The van der Waals surface area contributed by atoms with Crippen molar-refractivity contribution in [2.45, 2.75) is 25.4 Å². The summed E-state index contributed by atoms with van der Waals surface area (Å²) in [5.41, 5.74) is 0.330. The monoisotopic (exact) mass is 273 g/mol. The van der Waals surface area contributed by atoms with Crippen molar-refractivity contribution in [1.29, 1.82) is 0 Å². The first-order valence-electron chi connectivity index (χ1n) is 6.05. The Kier molecular flexibility index (Phi) is 3.68. The Labute approximate surface area is 108 Å². The fraction of sp³-hybridized carbons (Fsp3) is 0.462. The molecular weight excluding hydrogens is 259 g/mol. The minimum absolute atomic E-state index is 0.0325. The van der Waals surface area contributed by atoms with Crippen LogP contribution >= 0.6 is 0 Å². The molecule has 0 spiro atoms. The highest BCUT2D eigenvalue weighted by Gasteiger charge is 2.36. The first kappa shape index (κ1) is 13.7. The van der Waals surface area contributed by atoms with Crippen LogP contribution < -0.4 is 4.90 Å². The smallest absolute Gasteiger partial charge is 0.416 e. The molecule has 0 aromatic heterocycles. The summed E-state index contributed by atoms with van der Waals surface area (Å²) < 4.78 is 38.5. The van der Waals surface area contributed by atoms with Crippen molar-refractivity contribution >= 4 is 11.7 Å². The van der Waals surface area contributed by atoms with Crippen molar-refractivity contribution in [3.05, 3.63) is 29.3 Å². The zero-order chi connectivity index (χ0) is 14.0. The molecule has 1 aliphatic heterocycles. The molecule has 0 saturated carbocycles. The van der Waals surface area contributed by atoms with Gasteiger partial charge in [-0.3, -0.25) is 4.79 Å². The van der Waals surface area contributed by atoms with Gasteiger partial charge < -0.3 is 10.0 Å². The zero-order valence-corrected chi connectivity index (χ0v) is 10.2. The minimum atomic E-state index is -4.33. The summed E-state index contributed by atoms with van der Waals surface area (Å²) in [6.45, 7) is 0.989. The molecule has 1 aliphatic rings. The molecule has 0 aliphatic carbocycles. The molecular formula is C13H14F3NO2. The number of carboxylic acids is 1. The third-order valence-corrected chi connectivity index (χ3v) is 3.25. The second kappa shape index (κ2) is 5.11. The number of hydrogen-bond acceptors (Lipinski definition) is 2. The van der Waals surface area contributed by atoms with E-state index in [-0.39, 0.29) is 6.42 Å². The lowest BCUT2D eigenvalue weighted by atomic mass is 10.0. The molecule has 6 heteroatoms. The van der Waals surface area contributed by atoms with E-state index < -0.39 is 17.7 Å². The van der Waals surface area contributed by atoms with Crippen LogP contribution in [-0.4, -0.2) is 24.2 Å². The molecule has 1 aromatic rings. The van der Waals surface area contributed by atoms with E-state index in [2.05, 4.69) is 0 Å². The van der Waals surface area contributed by atoms with Crippen LogP contribution in [0.5, 0.6) is 0 Å². The van der Waals surface area contributed by atoms with Gasteiger partial charge in [0, 0.05) is 25.2 Å². The van der Waals surface area contributed by atoms with Crippen LogP contribution in [0.4, 0.5) is 18.9 Å². The number of fused-ring (bicyclic) bond motifs is 1. The lowest BCUT2D eigenvalue weighted by Crippen LogP contribution is -2.22. The molecule has 19 heavy (non-hydrogen) atoms. The van der Waals surface area contributed by atoms with Crippen LogP contribution in [0.3, 0.4) is 0 Å². The van der Waals surface area contributed by atoms with Gasteiger partial charge in [0.15, 0.2) is 0 Å². The number of alkyl halides is 3. The van der Waals surface area contributed by atoms with Crippen molar-refractivity contribution in [2.24, 2.45) is 0 Å². The van der Waals surface area contributed by atoms with E-state index in [1.807, 2.05) is 4.90 Å². The number of rotatable bonds is 4. The summed E-state index contributed by atoms with van der Waals surface area (Å²) in [5.74, 6) is -0.886. The van der Waals surface area contributed by atoms with Crippen LogP contribution in [0.2, 0.25) is 0 Å². The molecule has 0 radical (unpaired) electrons. The molecule has 1 aromatic carbocycles. The highest BCUT2D eigenvalue weighted by molar-refractivity contribution is 5.67. The largest absolute Gasteiger partial charge is 0.481 e. The number of carbonyl (C=O) groups is 1. The molecule has 3 nitrogen and oxygen atoms in total. The van der Waals surface area contributed by atoms with E-state index in [0.29, 0.717) is 37.2 Å². The average Bonchev–Trinajstić information content (AvgIpc) is 2.70. The van der Waals surface area contributed by atoms with Crippen LogP contribution in [0.25, 0.3) is 0 Å². The Bertz CT molecular complexity index is 485. The predicted octanol–water partition coefficient (Wildman–Crippen LogP) is 2.93. The van der Waals surface area contributed by atoms with E-state index in [4.69, 9.17) is 5.11 Å². The molecule has 104 valence electrons. The lowest BCUT2D eigenvalue weighted by molar-refractivity contribution is -0.138. The number of nitrogens with zero attached hydrogens (tertiary/aromatic N) is 1. The third-order valence-electron chi connectivity index (χ3n) is 3.25. The summed E-state index contributed by atoms with van der Waals surface area (Å²) in [6.07, 6.45) is -3.50. The Morgan fingerprint density at radius 2 is 2.11 bits per heavy atom. The van der Waals surface area contributed by atoms with E-state index in [1.54, 1.807) is 6.07 Å². The maximum atomic E-state index is 12.8. The topological polar surface area (TPSA) is 40.5 Å². The second-order valence-corrected chi connectivity index (χ2v) is 4.54. The molecule has 0 unspecified atom stereocenters. The van der Waals surface area contributed by atoms with Gasteiger partial charge in [0.2, 0.25) is 0 Å². The van der Waals surface area contributed by atoms with E-state index in [1.165, 1.54) is 6.07 Å². The van der Waals surface area contributed by atoms with Crippen LogP contribution in [0.1, 0.15) is 24.0 Å². The highest BCUT2D eigenvalue weighted by Crippen LogP contribution is 2.39. The standard InChI is InChI=1S/C13H14F3NO2/c14-13(15,16)10-3-1-4-11-9(10)6-8-17(11)7-2-5-12(18)19/h1,3-4H,2,5-8H2,(H,18,19). The quantitative estimate of drug-likeness (QED) is 0.917. The van der Waals surface area contributed by atoms with Crippen LogP contribution in [0, 0.1) is 0 Å². The first-order valence-corrected chi connectivity index (χ1v) is 6.05. The normalized spacial score (nSPS) is 14.6. The predicted molar refractivity (Wildman–Crippen MR) is 64.2 cm³/mol. The van der Waals surface area contributed by atoms with Crippen molar-refractivity contribution in [2.75, 3.05) is 18.0 Å². The number of aliphatic carboxylic acids is 1. The third kappa shape index (κ3) is 3.00. The number of anilines is 1. The van der Waals surface area contributed by atoms with Gasteiger partial charge in [-0.25, -0.2) is 0 Å². The maximum Gasteiger partial charge on any atom is 0.416 e. The van der Waals surface area contributed by atoms with Crippen molar-refractivity contribution in [3.63, 3.8) is 0 Å². The highest BCUT2D eigenvalue weighted by atomic mass is 19.4. The number of carboxylic acid groups (broad SMARTS) is 1. The molecule has 1 heterocycles. The molecule has 0 amide bonds. The van der Waals surface area contributed by atoms with Gasteiger partial charge in [0.05, 0.1) is 5.56 Å². The van der Waals surface area contributed by atoms with Gasteiger partial charge in [0.1, 0.15) is 0 Å². The molecule has 0 fully saturated rings. The van der Waals surface area contributed by atoms with Crippen LogP contribution in [-0.2, 0) is 17.4 Å². The summed E-state index contributed by atoms with van der Waals surface area (Å²) >= 11 is 0. The van der Waals surface area contributed by atoms with Gasteiger partial charge in [-0.05, 0) is 30.5 Å². The van der Waals surface area contributed by atoms with Gasteiger partial charge in [-0.2, -0.15) is 13.2 Å². The lowest BCUT2D eigenvalue weighted by Gasteiger charge is -2.19. The summed E-state index contributed by atoms with van der Waals surface area (Å²) in [6, 6.07) is 4.16. The Hall–Kier alpha value is -1.72. The molecule has 1 N–H and O–H groups in total. The zero-order valence-electron chi connectivity index (χ0n) is 10.2. The number of halogens is 3. The fourth-order valence-electron chi connectivity index (χ4n) is 2.42. The molecule has 0 bridgehead atoms. The van der Waals surface area contributed by atoms with E-state index in [0.717, 1.165) is 6.07 Å². The molecule has 0 saturated heterocycles. The average molecular weight is 273 g/mol. The second-order valence-electron chi connectivity index (χ2n) is 4.54. The minimum Gasteiger partial charge on any atom is -0.481 e. The Balaban J connectivity index is 2.15. The van der Waals surface area contributed by atoms with Crippen molar-refractivity contribution < 1.29 is 23.1 Å². The Morgan fingerprint density at radius 3 is 2.74 bits per heavy atom. The first-order chi connectivity index (χ1) is 8.89. The van der Waals surface area contributed by atoms with Gasteiger partial charge in [-0.1, -0.05) is 6.07 Å². The van der Waals surface area contributed by atoms with E-state index in [9.17, 15) is 18.0 Å². The van der Waals surface area contributed by atoms with Gasteiger partial charge in [-0.15, -0.1) is 0 Å². The maximum absolute atomic E-state index is 12.8. The summed E-state index contributed by atoms with van der Waals surface area (Å²) in [7, 11) is 0.